The van der Waals surface area contributed by atoms with Crippen molar-refractivity contribution in [2.75, 3.05) is 12.3 Å². The van der Waals surface area contributed by atoms with E-state index in [4.69, 9.17) is 17.3 Å². The van der Waals surface area contributed by atoms with E-state index in [9.17, 15) is 12.8 Å². The number of hydrogen-bond acceptors (Lipinski definition) is 3. The normalized spacial score (nSPS) is 11.4. The Kier molecular flexibility index (Phi) is 3.90. The maximum absolute atomic E-state index is 12.8. The number of hydrogen-bond donors (Lipinski definition) is 2. The molecule has 0 fully saturated rings. The van der Waals surface area contributed by atoms with E-state index >= 15 is 0 Å². The second-order valence-corrected chi connectivity index (χ2v) is 5.33. The summed E-state index contributed by atoms with van der Waals surface area (Å²) < 4.78 is 38.2. The number of rotatable bonds is 4. The molecule has 0 saturated carbocycles. The highest BCUT2D eigenvalue weighted by atomic mass is 35.5. The van der Waals surface area contributed by atoms with Gasteiger partial charge in [0.15, 0.2) is 0 Å². The topological polar surface area (TPSA) is 72.2 Å². The average molecular weight is 265 g/mol. The summed E-state index contributed by atoms with van der Waals surface area (Å²) in [5.41, 5.74) is 5.03. The summed E-state index contributed by atoms with van der Waals surface area (Å²) in [5.74, 6) is -0.666. The molecule has 0 radical (unpaired) electrons. The zero-order valence-corrected chi connectivity index (χ0v) is 9.78. The lowest BCUT2D eigenvalue weighted by Gasteiger charge is -2.06. The fourth-order valence-electron chi connectivity index (χ4n) is 0.946. The second kappa shape index (κ2) is 4.82. The van der Waals surface area contributed by atoms with Crippen LogP contribution >= 0.6 is 11.6 Å². The van der Waals surface area contributed by atoms with Crippen molar-refractivity contribution in [3.8, 4) is 0 Å². The van der Waals surface area contributed by atoms with Crippen molar-refractivity contribution in [3.05, 3.63) is 35.6 Å². The SMILES string of the molecule is C=C(Cl)CNS(=O)(=O)c1ccc(F)c(N)c1. The van der Waals surface area contributed by atoms with Gasteiger partial charge in [0.1, 0.15) is 5.82 Å². The first-order chi connectivity index (χ1) is 7.33. The van der Waals surface area contributed by atoms with Gasteiger partial charge in [0.25, 0.3) is 0 Å². The van der Waals surface area contributed by atoms with Crippen LogP contribution in [0.5, 0.6) is 0 Å². The molecule has 4 nitrogen and oxygen atoms in total. The molecule has 0 amide bonds. The van der Waals surface area contributed by atoms with Crippen molar-refractivity contribution in [3.63, 3.8) is 0 Å². The first-order valence-corrected chi connectivity index (χ1v) is 6.07. The Morgan fingerprint density at radius 3 is 2.69 bits per heavy atom. The van der Waals surface area contributed by atoms with Crippen molar-refractivity contribution in [1.82, 2.24) is 4.72 Å². The molecule has 7 heteroatoms. The van der Waals surface area contributed by atoms with E-state index < -0.39 is 15.8 Å². The molecule has 0 unspecified atom stereocenters. The third-order valence-electron chi connectivity index (χ3n) is 1.73. The molecule has 0 heterocycles. The molecule has 88 valence electrons. The molecule has 16 heavy (non-hydrogen) atoms. The fourth-order valence-corrected chi connectivity index (χ4v) is 2.15. The molecular formula is C9H10ClFN2O2S. The molecular weight excluding hydrogens is 255 g/mol. The maximum Gasteiger partial charge on any atom is 0.240 e. The number of benzene rings is 1. The number of sulfonamides is 1. The quantitative estimate of drug-likeness (QED) is 0.809. The van der Waals surface area contributed by atoms with Gasteiger partial charge in [0.05, 0.1) is 10.6 Å². The Bertz CT molecular complexity index is 516. The Morgan fingerprint density at radius 1 is 1.56 bits per heavy atom. The highest BCUT2D eigenvalue weighted by Crippen LogP contribution is 2.16. The number of anilines is 1. The molecule has 0 saturated heterocycles. The summed E-state index contributed by atoms with van der Waals surface area (Å²) in [6.07, 6.45) is 0. The third-order valence-corrected chi connectivity index (χ3v) is 3.26. The zero-order chi connectivity index (χ0) is 12.3. The average Bonchev–Trinajstić information content (AvgIpc) is 2.19. The van der Waals surface area contributed by atoms with Crippen LogP contribution in [-0.2, 0) is 10.0 Å². The van der Waals surface area contributed by atoms with E-state index in [1.54, 1.807) is 0 Å². The fraction of sp³-hybridized carbons (Fsp3) is 0.111. The minimum absolute atomic E-state index is 0.0961. The van der Waals surface area contributed by atoms with Crippen molar-refractivity contribution in [1.29, 1.82) is 0 Å². The van der Waals surface area contributed by atoms with Crippen molar-refractivity contribution < 1.29 is 12.8 Å². The molecule has 0 bridgehead atoms. The summed E-state index contributed by atoms with van der Waals surface area (Å²) >= 11 is 5.42. The molecule has 0 aliphatic heterocycles. The summed E-state index contributed by atoms with van der Waals surface area (Å²) in [6.45, 7) is 3.24. The van der Waals surface area contributed by atoms with Crippen LogP contribution in [0.4, 0.5) is 10.1 Å². The van der Waals surface area contributed by atoms with Gasteiger partial charge in [-0.2, -0.15) is 0 Å². The smallest absolute Gasteiger partial charge is 0.240 e. The van der Waals surface area contributed by atoms with Gasteiger partial charge in [0, 0.05) is 11.6 Å². The molecule has 0 aromatic heterocycles. The van der Waals surface area contributed by atoms with E-state index in [0.717, 1.165) is 18.2 Å². The van der Waals surface area contributed by atoms with Crippen LogP contribution in [0.25, 0.3) is 0 Å². The third kappa shape index (κ3) is 3.19. The lowest BCUT2D eigenvalue weighted by molar-refractivity contribution is 0.584. The Labute approximate surface area is 98.0 Å². The summed E-state index contributed by atoms with van der Waals surface area (Å²) in [6, 6.07) is 3.14. The Morgan fingerprint density at radius 2 is 2.19 bits per heavy atom. The molecule has 0 aliphatic rings. The van der Waals surface area contributed by atoms with Gasteiger partial charge in [-0.25, -0.2) is 17.5 Å². The minimum Gasteiger partial charge on any atom is -0.396 e. The largest absolute Gasteiger partial charge is 0.396 e. The van der Waals surface area contributed by atoms with E-state index in [1.165, 1.54) is 0 Å². The molecule has 3 N–H and O–H groups in total. The predicted octanol–water partition coefficient (Wildman–Crippen LogP) is 1.44. The molecule has 0 spiro atoms. The molecule has 1 rings (SSSR count). The van der Waals surface area contributed by atoms with Crippen LogP contribution < -0.4 is 10.5 Å². The number of nitrogens with two attached hydrogens (primary N) is 1. The van der Waals surface area contributed by atoms with Crippen LogP contribution in [0.3, 0.4) is 0 Å². The Balaban J connectivity index is 2.99. The number of nitrogen functional groups attached to an aromatic ring is 1. The van der Waals surface area contributed by atoms with Gasteiger partial charge < -0.3 is 5.73 Å². The molecule has 1 aromatic rings. The van der Waals surface area contributed by atoms with Gasteiger partial charge in [-0.05, 0) is 18.2 Å². The van der Waals surface area contributed by atoms with E-state index in [-0.39, 0.29) is 22.2 Å². The first-order valence-electron chi connectivity index (χ1n) is 4.21. The lowest BCUT2D eigenvalue weighted by atomic mass is 10.3. The standard InChI is InChI=1S/C9H10ClFN2O2S/c1-6(10)5-13-16(14,15)7-2-3-8(11)9(12)4-7/h2-4,13H,1,5,12H2. The Hall–Kier alpha value is -1.11. The monoisotopic (exact) mass is 264 g/mol. The number of nitrogens with one attached hydrogen (secondary N) is 1. The van der Waals surface area contributed by atoms with Crippen LogP contribution in [0.2, 0.25) is 0 Å². The van der Waals surface area contributed by atoms with E-state index in [2.05, 4.69) is 11.3 Å². The van der Waals surface area contributed by atoms with Crippen LogP contribution in [0.1, 0.15) is 0 Å². The van der Waals surface area contributed by atoms with Crippen molar-refractivity contribution >= 4 is 27.3 Å². The van der Waals surface area contributed by atoms with Gasteiger partial charge in [-0.1, -0.05) is 18.2 Å². The second-order valence-electron chi connectivity index (χ2n) is 3.03. The van der Waals surface area contributed by atoms with E-state index in [1.807, 2.05) is 0 Å². The van der Waals surface area contributed by atoms with Gasteiger partial charge in [-0.3, -0.25) is 0 Å². The predicted molar refractivity (Wildman–Crippen MR) is 61.0 cm³/mol. The van der Waals surface area contributed by atoms with Crippen LogP contribution in [-0.4, -0.2) is 15.0 Å². The van der Waals surface area contributed by atoms with Gasteiger partial charge in [0.2, 0.25) is 10.0 Å². The first kappa shape index (κ1) is 13.0. The highest BCUT2D eigenvalue weighted by molar-refractivity contribution is 7.89. The molecule has 1 aromatic carbocycles. The van der Waals surface area contributed by atoms with E-state index in [0.29, 0.717) is 0 Å². The minimum atomic E-state index is -3.74. The van der Waals surface area contributed by atoms with Crippen LogP contribution in [0, 0.1) is 5.82 Å². The molecule has 0 aliphatic carbocycles. The summed E-state index contributed by atoms with van der Waals surface area (Å²) in [7, 11) is -3.74. The van der Waals surface area contributed by atoms with Gasteiger partial charge in [-0.15, -0.1) is 0 Å². The summed E-state index contributed by atoms with van der Waals surface area (Å²) in [5, 5.41) is 0.152. The lowest BCUT2D eigenvalue weighted by Crippen LogP contribution is -2.25. The number of halogens is 2. The van der Waals surface area contributed by atoms with Crippen molar-refractivity contribution in [2.24, 2.45) is 0 Å². The van der Waals surface area contributed by atoms with Gasteiger partial charge >= 0.3 is 0 Å². The van der Waals surface area contributed by atoms with Crippen LogP contribution in [0.15, 0.2) is 34.7 Å². The van der Waals surface area contributed by atoms with Crippen molar-refractivity contribution in [2.45, 2.75) is 4.90 Å². The summed E-state index contributed by atoms with van der Waals surface area (Å²) in [4.78, 5) is -0.121. The highest BCUT2D eigenvalue weighted by Gasteiger charge is 2.14. The maximum atomic E-state index is 12.8. The molecule has 0 atom stereocenters. The zero-order valence-electron chi connectivity index (χ0n) is 8.20.